The van der Waals surface area contributed by atoms with Crippen LogP contribution in [0.25, 0.3) is 23.0 Å². The van der Waals surface area contributed by atoms with E-state index in [0.717, 1.165) is 28.1 Å². The first-order valence-electron chi connectivity index (χ1n) is 10.1. The summed E-state index contributed by atoms with van der Waals surface area (Å²) in [5, 5.41) is 4.77. The van der Waals surface area contributed by atoms with Crippen LogP contribution in [-0.4, -0.2) is 29.9 Å². The molecule has 1 amide bonds. The largest absolute Gasteiger partial charge is 0.288 e. The molecule has 0 unspecified atom stereocenters. The third-order valence-corrected chi connectivity index (χ3v) is 6.51. The highest BCUT2D eigenvalue weighted by Crippen LogP contribution is 2.35. The lowest BCUT2D eigenvalue weighted by Gasteiger charge is -2.14. The van der Waals surface area contributed by atoms with Crippen molar-refractivity contribution < 1.29 is 9.18 Å². The van der Waals surface area contributed by atoms with E-state index in [-0.39, 0.29) is 11.7 Å². The fourth-order valence-electron chi connectivity index (χ4n) is 3.49. The Hall–Kier alpha value is -3.62. The van der Waals surface area contributed by atoms with Crippen LogP contribution in [0.15, 0.2) is 90.2 Å². The van der Waals surface area contributed by atoms with Gasteiger partial charge in [-0.2, -0.15) is 5.10 Å². The van der Waals surface area contributed by atoms with Crippen molar-refractivity contribution in [3.05, 3.63) is 107 Å². The van der Waals surface area contributed by atoms with Gasteiger partial charge in [0, 0.05) is 29.7 Å². The molecule has 1 saturated heterocycles. The van der Waals surface area contributed by atoms with Gasteiger partial charge in [0.25, 0.3) is 5.91 Å². The Bertz CT molecular complexity index is 1350. The standard InChI is InChI=1S/C25H17FN4OS2/c26-20-8-6-17(7-9-20)15-29-24(31)22(33-25(29)32)14-19-16-30(21-4-2-1-3-5-21)28-23(19)18-10-12-27-13-11-18/h1-14,16H,15H2. The predicted molar refractivity (Wildman–Crippen MR) is 132 cm³/mol. The molecule has 1 fully saturated rings. The monoisotopic (exact) mass is 472 g/mol. The van der Waals surface area contributed by atoms with Gasteiger partial charge in [-0.05, 0) is 48.0 Å². The van der Waals surface area contributed by atoms with Crippen LogP contribution in [0.3, 0.4) is 0 Å². The number of rotatable bonds is 5. The summed E-state index contributed by atoms with van der Waals surface area (Å²) in [6, 6.07) is 19.6. The molecule has 3 heterocycles. The molecule has 0 saturated carbocycles. The van der Waals surface area contributed by atoms with Crippen LogP contribution in [0, 0.1) is 5.82 Å². The summed E-state index contributed by atoms with van der Waals surface area (Å²) in [7, 11) is 0. The molecule has 0 radical (unpaired) electrons. The Morgan fingerprint density at radius 1 is 1.00 bits per heavy atom. The van der Waals surface area contributed by atoms with E-state index >= 15 is 0 Å². The molecule has 5 nitrogen and oxygen atoms in total. The predicted octanol–water partition coefficient (Wildman–Crippen LogP) is 5.47. The van der Waals surface area contributed by atoms with Gasteiger partial charge in [0.15, 0.2) is 0 Å². The topological polar surface area (TPSA) is 51.0 Å². The second-order valence-corrected chi connectivity index (χ2v) is 9.02. The highest BCUT2D eigenvalue weighted by Gasteiger charge is 2.32. The van der Waals surface area contributed by atoms with E-state index < -0.39 is 0 Å². The molecule has 162 valence electrons. The molecule has 0 aliphatic carbocycles. The number of amides is 1. The number of nitrogens with zero attached hydrogens (tertiary/aromatic N) is 4. The molecule has 4 aromatic rings. The first-order chi connectivity index (χ1) is 16.1. The Balaban J connectivity index is 1.50. The molecule has 5 rings (SSSR count). The summed E-state index contributed by atoms with van der Waals surface area (Å²) >= 11 is 6.72. The molecule has 1 aliphatic rings. The van der Waals surface area contributed by atoms with Gasteiger partial charge in [-0.1, -0.05) is 54.3 Å². The van der Waals surface area contributed by atoms with Gasteiger partial charge in [-0.3, -0.25) is 14.7 Å². The van der Waals surface area contributed by atoms with Gasteiger partial charge < -0.3 is 0 Å². The first kappa shape index (κ1) is 21.2. The molecule has 0 N–H and O–H groups in total. The smallest absolute Gasteiger partial charge is 0.266 e. The number of carbonyl (C=O) groups excluding carboxylic acids is 1. The Morgan fingerprint density at radius 2 is 1.73 bits per heavy atom. The lowest BCUT2D eigenvalue weighted by molar-refractivity contribution is -0.122. The number of aromatic nitrogens is 3. The number of hydrogen-bond acceptors (Lipinski definition) is 5. The lowest BCUT2D eigenvalue weighted by atomic mass is 10.1. The van der Waals surface area contributed by atoms with Crippen LogP contribution >= 0.6 is 24.0 Å². The molecule has 0 spiro atoms. The zero-order valence-electron chi connectivity index (χ0n) is 17.3. The summed E-state index contributed by atoms with van der Waals surface area (Å²) < 4.78 is 15.5. The van der Waals surface area contributed by atoms with Crippen molar-refractivity contribution in [2.75, 3.05) is 0 Å². The van der Waals surface area contributed by atoms with Gasteiger partial charge in [-0.15, -0.1) is 0 Å². The zero-order valence-corrected chi connectivity index (χ0v) is 18.9. The number of carbonyl (C=O) groups is 1. The molecule has 0 atom stereocenters. The summed E-state index contributed by atoms with van der Waals surface area (Å²) in [5.74, 6) is -0.495. The maximum Gasteiger partial charge on any atom is 0.266 e. The summed E-state index contributed by atoms with van der Waals surface area (Å²) in [5.41, 5.74) is 4.16. The van der Waals surface area contributed by atoms with Gasteiger partial charge in [0.05, 0.1) is 17.1 Å². The third kappa shape index (κ3) is 4.48. The first-order valence-corrected chi connectivity index (χ1v) is 11.4. The molecule has 2 aromatic heterocycles. The van der Waals surface area contributed by atoms with Crippen LogP contribution in [0.1, 0.15) is 11.1 Å². The van der Waals surface area contributed by atoms with Crippen molar-refractivity contribution in [3.63, 3.8) is 0 Å². The second kappa shape index (κ2) is 9.09. The van der Waals surface area contributed by atoms with Crippen LogP contribution in [0.4, 0.5) is 4.39 Å². The maximum atomic E-state index is 13.2. The summed E-state index contributed by atoms with van der Waals surface area (Å²) in [6.07, 6.45) is 7.15. The minimum atomic E-state index is -0.317. The molecule has 8 heteroatoms. The molecule has 33 heavy (non-hydrogen) atoms. The van der Waals surface area contributed by atoms with Gasteiger partial charge in [-0.25, -0.2) is 9.07 Å². The molecular formula is C25H17FN4OS2. The van der Waals surface area contributed by atoms with Crippen molar-refractivity contribution >= 4 is 40.3 Å². The zero-order chi connectivity index (χ0) is 22.8. The number of benzene rings is 2. The van der Waals surface area contributed by atoms with E-state index in [2.05, 4.69) is 4.98 Å². The van der Waals surface area contributed by atoms with Crippen molar-refractivity contribution in [1.29, 1.82) is 0 Å². The number of pyridine rings is 1. The van der Waals surface area contributed by atoms with Gasteiger partial charge in [0.1, 0.15) is 15.8 Å². The number of thioether (sulfide) groups is 1. The van der Waals surface area contributed by atoms with E-state index in [1.165, 1.54) is 28.8 Å². The molecule has 2 aromatic carbocycles. The molecule has 1 aliphatic heterocycles. The van der Waals surface area contributed by atoms with Gasteiger partial charge >= 0.3 is 0 Å². The van der Waals surface area contributed by atoms with Crippen molar-refractivity contribution in [3.8, 4) is 16.9 Å². The lowest BCUT2D eigenvalue weighted by Crippen LogP contribution is -2.27. The average Bonchev–Trinajstić information content (AvgIpc) is 3.38. The Labute approximate surface area is 199 Å². The number of para-hydroxylation sites is 1. The van der Waals surface area contributed by atoms with E-state index in [1.54, 1.807) is 29.2 Å². The van der Waals surface area contributed by atoms with E-state index in [9.17, 15) is 9.18 Å². The normalized spacial score (nSPS) is 14.9. The SMILES string of the molecule is O=C1C(=Cc2cn(-c3ccccc3)nc2-c2ccncc2)SC(=S)N1Cc1ccc(F)cc1. The van der Waals surface area contributed by atoms with Crippen LogP contribution in [0.2, 0.25) is 0 Å². The number of hydrogen-bond donors (Lipinski definition) is 0. The number of halogens is 1. The van der Waals surface area contributed by atoms with Gasteiger partial charge in [0.2, 0.25) is 0 Å². The fourth-order valence-corrected chi connectivity index (χ4v) is 4.74. The van der Waals surface area contributed by atoms with Crippen LogP contribution in [0.5, 0.6) is 0 Å². The highest BCUT2D eigenvalue weighted by molar-refractivity contribution is 8.26. The maximum absolute atomic E-state index is 13.2. The highest BCUT2D eigenvalue weighted by atomic mass is 32.2. The van der Waals surface area contributed by atoms with Crippen LogP contribution < -0.4 is 0 Å². The van der Waals surface area contributed by atoms with Crippen molar-refractivity contribution in [1.82, 2.24) is 19.7 Å². The van der Waals surface area contributed by atoms with Crippen LogP contribution in [-0.2, 0) is 11.3 Å². The van der Waals surface area contributed by atoms with E-state index in [4.69, 9.17) is 17.3 Å². The quantitative estimate of drug-likeness (QED) is 0.285. The Morgan fingerprint density at radius 3 is 2.45 bits per heavy atom. The summed E-state index contributed by atoms with van der Waals surface area (Å²) in [4.78, 5) is 19.3. The fraction of sp³-hybridized carbons (Fsp3) is 0.0400. The van der Waals surface area contributed by atoms with Crippen molar-refractivity contribution in [2.24, 2.45) is 0 Å². The van der Waals surface area contributed by atoms with E-state index in [1.807, 2.05) is 54.7 Å². The third-order valence-electron chi connectivity index (χ3n) is 5.13. The minimum absolute atomic E-state index is 0.178. The second-order valence-electron chi connectivity index (χ2n) is 7.34. The molecule has 0 bridgehead atoms. The number of thiocarbonyl (C=S) groups is 1. The van der Waals surface area contributed by atoms with E-state index in [0.29, 0.717) is 15.8 Å². The average molecular weight is 473 g/mol. The molecular weight excluding hydrogens is 455 g/mol. The Kier molecular flexibility index (Phi) is 5.85. The summed E-state index contributed by atoms with van der Waals surface area (Å²) in [6.45, 7) is 0.294. The van der Waals surface area contributed by atoms with Crippen molar-refractivity contribution in [2.45, 2.75) is 6.54 Å². The minimum Gasteiger partial charge on any atom is -0.288 e.